The fourth-order valence-electron chi connectivity index (χ4n) is 2.23. The van der Waals surface area contributed by atoms with Gasteiger partial charge in [0.2, 0.25) is 0 Å². The molecule has 5 heteroatoms. The monoisotopic (exact) mass is 304 g/mol. The number of halogens is 2. The van der Waals surface area contributed by atoms with Crippen LogP contribution in [0.5, 0.6) is 0 Å². The fraction of sp³-hybridized carbons (Fsp3) is 0.133. The van der Waals surface area contributed by atoms with Crippen molar-refractivity contribution in [2.24, 2.45) is 4.99 Å². The largest absolute Gasteiger partial charge is 0.294 e. The predicted octanol–water partition coefficient (Wildman–Crippen LogP) is 4.07. The topological polar surface area (TPSA) is 42.3 Å². The third kappa shape index (κ3) is 2.47. The van der Waals surface area contributed by atoms with E-state index in [0.717, 1.165) is 11.1 Å². The van der Waals surface area contributed by atoms with E-state index in [2.05, 4.69) is 9.98 Å². The third-order valence-corrected chi connectivity index (χ3v) is 3.81. The molecule has 2 heterocycles. The number of hydrogen-bond donors (Lipinski definition) is 0. The number of aliphatic imine (C=N–C) groups is 1. The minimum Gasteiger partial charge on any atom is -0.294 e. The molecule has 0 amide bonds. The number of nitrogens with zero attached hydrogens (tertiary/aromatic N) is 2. The van der Waals surface area contributed by atoms with E-state index in [4.69, 9.17) is 23.2 Å². The highest BCUT2D eigenvalue weighted by Crippen LogP contribution is 2.27. The maximum absolute atomic E-state index is 12.5. The normalized spacial score (nSPS) is 12.5. The predicted molar refractivity (Wildman–Crippen MR) is 80.6 cm³/mol. The van der Waals surface area contributed by atoms with Crippen LogP contribution in [0, 0.1) is 0 Å². The molecule has 0 aliphatic carbocycles. The number of ketones is 1. The summed E-state index contributed by atoms with van der Waals surface area (Å²) in [7, 11) is 0. The van der Waals surface area contributed by atoms with E-state index in [1.165, 1.54) is 0 Å². The quantitative estimate of drug-likeness (QED) is 0.802. The van der Waals surface area contributed by atoms with Crippen molar-refractivity contribution in [1.29, 1.82) is 0 Å². The summed E-state index contributed by atoms with van der Waals surface area (Å²) in [6.45, 7) is 0. The molecular formula is C15H10Cl2N2O. The summed E-state index contributed by atoms with van der Waals surface area (Å²) in [5.41, 5.74) is 2.27. The van der Waals surface area contributed by atoms with Crippen LogP contribution in [-0.2, 0) is 12.8 Å². The van der Waals surface area contributed by atoms with E-state index < -0.39 is 0 Å². The Hall–Kier alpha value is -1.71. The summed E-state index contributed by atoms with van der Waals surface area (Å²) >= 11 is 12.0. The fourth-order valence-corrected chi connectivity index (χ4v) is 2.60. The third-order valence-electron chi connectivity index (χ3n) is 3.20. The van der Waals surface area contributed by atoms with E-state index in [0.29, 0.717) is 27.8 Å². The second-order valence-corrected chi connectivity index (χ2v) is 5.36. The van der Waals surface area contributed by atoms with Crippen LogP contribution >= 0.6 is 23.2 Å². The first-order chi connectivity index (χ1) is 9.65. The van der Waals surface area contributed by atoms with Crippen molar-refractivity contribution in [2.45, 2.75) is 12.8 Å². The molecule has 0 spiro atoms. The van der Waals surface area contributed by atoms with Crippen LogP contribution in [0.4, 0.5) is 5.82 Å². The van der Waals surface area contributed by atoms with Crippen LogP contribution in [-0.4, -0.2) is 17.0 Å². The molecule has 100 valence electrons. The lowest BCUT2D eigenvalue weighted by atomic mass is 9.99. The maximum atomic E-state index is 12.5. The summed E-state index contributed by atoms with van der Waals surface area (Å²) in [5.74, 6) is 0.631. The minimum atomic E-state index is -0.00156. The molecule has 0 saturated heterocycles. The number of benzene rings is 1. The van der Waals surface area contributed by atoms with Crippen molar-refractivity contribution in [2.75, 3.05) is 0 Å². The van der Waals surface area contributed by atoms with Crippen molar-refractivity contribution in [3.05, 3.63) is 57.2 Å². The molecule has 20 heavy (non-hydrogen) atoms. The number of aromatic nitrogens is 1. The highest BCUT2D eigenvalue weighted by atomic mass is 35.5. The lowest BCUT2D eigenvalue weighted by Gasteiger charge is -2.07. The summed E-state index contributed by atoms with van der Waals surface area (Å²) in [5, 5.41) is 1.12. The molecule has 1 aromatic heterocycles. The molecule has 0 atom stereocenters. The lowest BCUT2D eigenvalue weighted by Crippen LogP contribution is -2.07. The van der Waals surface area contributed by atoms with Gasteiger partial charge in [-0.3, -0.25) is 4.79 Å². The molecule has 0 unspecified atom stereocenters. The van der Waals surface area contributed by atoms with Crippen LogP contribution in [0.25, 0.3) is 0 Å². The molecule has 2 aromatic rings. The molecule has 0 fully saturated rings. The lowest BCUT2D eigenvalue weighted by molar-refractivity contribution is 0.0992. The number of carbonyl (C=O) groups is 1. The van der Waals surface area contributed by atoms with Gasteiger partial charge in [0.05, 0.1) is 0 Å². The van der Waals surface area contributed by atoms with Gasteiger partial charge in [-0.05, 0) is 29.8 Å². The van der Waals surface area contributed by atoms with Crippen molar-refractivity contribution in [1.82, 2.24) is 4.98 Å². The van der Waals surface area contributed by atoms with Gasteiger partial charge in [-0.2, -0.15) is 0 Å². The zero-order valence-electron chi connectivity index (χ0n) is 10.4. The number of hydrogen-bond acceptors (Lipinski definition) is 3. The Morgan fingerprint density at radius 1 is 1.25 bits per heavy atom. The van der Waals surface area contributed by atoms with Crippen LogP contribution in [0.15, 0.2) is 35.5 Å². The Morgan fingerprint density at radius 3 is 2.95 bits per heavy atom. The first-order valence-corrected chi connectivity index (χ1v) is 6.88. The average Bonchev–Trinajstić information content (AvgIpc) is 2.91. The highest BCUT2D eigenvalue weighted by Gasteiger charge is 2.18. The molecule has 0 N–H and O–H groups in total. The van der Waals surface area contributed by atoms with Gasteiger partial charge in [0, 0.05) is 46.4 Å². The Labute approximate surface area is 126 Å². The second-order valence-electron chi connectivity index (χ2n) is 4.51. The van der Waals surface area contributed by atoms with E-state index in [9.17, 15) is 4.79 Å². The maximum Gasteiger partial charge on any atom is 0.167 e. The summed E-state index contributed by atoms with van der Waals surface area (Å²) in [6.07, 6.45) is 4.23. The van der Waals surface area contributed by atoms with E-state index in [-0.39, 0.29) is 12.2 Å². The van der Waals surface area contributed by atoms with Crippen molar-refractivity contribution >= 4 is 41.0 Å². The summed E-state index contributed by atoms with van der Waals surface area (Å²) in [6, 6.07) is 6.86. The SMILES string of the molecule is O=C(Cc1cc(Cl)ccc1Cl)c1ccnc2c1CC=N2. The van der Waals surface area contributed by atoms with Gasteiger partial charge < -0.3 is 0 Å². The van der Waals surface area contributed by atoms with Crippen molar-refractivity contribution in [3.63, 3.8) is 0 Å². The highest BCUT2D eigenvalue weighted by molar-refractivity contribution is 6.33. The van der Waals surface area contributed by atoms with E-state index in [1.807, 2.05) is 0 Å². The van der Waals surface area contributed by atoms with Crippen LogP contribution in [0.2, 0.25) is 10.0 Å². The zero-order valence-corrected chi connectivity index (χ0v) is 11.9. The average molecular weight is 305 g/mol. The Balaban J connectivity index is 1.91. The number of pyridine rings is 1. The van der Waals surface area contributed by atoms with Crippen LogP contribution < -0.4 is 0 Å². The molecule has 1 aliphatic heterocycles. The minimum absolute atomic E-state index is 0.00156. The molecular weight excluding hydrogens is 295 g/mol. The van der Waals surface area contributed by atoms with Gasteiger partial charge in [0.15, 0.2) is 11.6 Å². The van der Waals surface area contributed by atoms with Gasteiger partial charge >= 0.3 is 0 Å². The Kier molecular flexibility index (Phi) is 3.55. The first-order valence-electron chi connectivity index (χ1n) is 6.12. The van der Waals surface area contributed by atoms with Gasteiger partial charge in [-0.15, -0.1) is 0 Å². The smallest absolute Gasteiger partial charge is 0.167 e. The molecule has 1 aliphatic rings. The molecule has 0 bridgehead atoms. The standard InChI is InChI=1S/C15H10Cl2N2O/c16-10-1-2-13(17)9(7-10)8-14(20)11-3-5-18-15-12(11)4-6-19-15/h1-3,5-7H,4,8H2. The molecule has 3 nitrogen and oxygen atoms in total. The van der Waals surface area contributed by atoms with Gasteiger partial charge in [-0.1, -0.05) is 23.2 Å². The number of fused-ring (bicyclic) bond motifs is 1. The van der Waals surface area contributed by atoms with Gasteiger partial charge in [0.25, 0.3) is 0 Å². The van der Waals surface area contributed by atoms with Gasteiger partial charge in [-0.25, -0.2) is 9.98 Å². The number of rotatable bonds is 3. The second kappa shape index (κ2) is 5.35. The Morgan fingerprint density at radius 2 is 2.10 bits per heavy atom. The van der Waals surface area contributed by atoms with Gasteiger partial charge in [0.1, 0.15) is 0 Å². The number of carbonyl (C=O) groups excluding carboxylic acids is 1. The van der Waals surface area contributed by atoms with Crippen LogP contribution in [0.1, 0.15) is 21.5 Å². The number of Topliss-reactive ketones (excluding diaryl/α,β-unsaturated/α-hetero) is 1. The summed E-state index contributed by atoms with van der Waals surface area (Å²) < 4.78 is 0. The molecule has 1 aromatic carbocycles. The first kappa shape index (κ1) is 13.3. The van der Waals surface area contributed by atoms with Crippen molar-refractivity contribution < 1.29 is 4.79 Å². The van der Waals surface area contributed by atoms with Crippen LogP contribution in [0.3, 0.4) is 0 Å². The van der Waals surface area contributed by atoms with E-state index in [1.54, 1.807) is 36.7 Å². The molecule has 3 rings (SSSR count). The summed E-state index contributed by atoms with van der Waals surface area (Å²) in [4.78, 5) is 20.7. The van der Waals surface area contributed by atoms with Crippen molar-refractivity contribution in [3.8, 4) is 0 Å². The molecule has 0 radical (unpaired) electrons. The zero-order chi connectivity index (χ0) is 14.1. The van der Waals surface area contributed by atoms with E-state index >= 15 is 0 Å². The Bertz CT molecular complexity index is 726. The molecule has 0 saturated carbocycles.